The Labute approximate surface area is 68.5 Å². The normalized spacial score (nSPS) is 37.3. The molecule has 1 aliphatic carbocycles. The molecule has 0 aliphatic heterocycles. The first-order valence-electron chi connectivity index (χ1n) is 2.88. The minimum Gasteiger partial charge on any atom is -0.281 e. The Morgan fingerprint density at radius 3 is 2.10 bits per heavy atom. The van der Waals surface area contributed by atoms with Gasteiger partial charge >= 0.3 is 0 Å². The zero-order valence-corrected chi connectivity index (χ0v) is 6.87. The highest BCUT2D eigenvalue weighted by molar-refractivity contribution is 6.68. The van der Waals surface area contributed by atoms with Crippen LogP contribution in [0.15, 0.2) is 0 Å². The summed E-state index contributed by atoms with van der Waals surface area (Å²) in [5.74, 6) is -0.348. The van der Waals surface area contributed by atoms with Crippen molar-refractivity contribution in [3.8, 4) is 0 Å². The lowest BCUT2D eigenvalue weighted by molar-refractivity contribution is -0.119. The SMILES string of the molecule is CC1(C(=O)Cl)CC1C(=O)Cl. The third-order valence-corrected chi connectivity index (χ3v) is 2.66. The van der Waals surface area contributed by atoms with Gasteiger partial charge in [0.15, 0.2) is 0 Å². The smallest absolute Gasteiger partial charge is 0.228 e. The van der Waals surface area contributed by atoms with Crippen LogP contribution < -0.4 is 0 Å². The molecular formula is C6H6Cl2O2. The highest BCUT2D eigenvalue weighted by atomic mass is 35.5. The topological polar surface area (TPSA) is 34.1 Å². The fourth-order valence-electron chi connectivity index (χ4n) is 0.913. The minimum atomic E-state index is -0.666. The van der Waals surface area contributed by atoms with Gasteiger partial charge in [-0.2, -0.15) is 0 Å². The first-order valence-corrected chi connectivity index (χ1v) is 3.63. The standard InChI is InChI=1S/C6H6Cl2O2/c1-6(5(8)10)2-3(6)4(7)9/h3H,2H2,1H3. The zero-order valence-electron chi connectivity index (χ0n) is 5.36. The summed E-state index contributed by atoms with van der Waals surface area (Å²) < 4.78 is 0. The van der Waals surface area contributed by atoms with Crippen molar-refractivity contribution in [2.45, 2.75) is 13.3 Å². The molecule has 2 unspecified atom stereocenters. The van der Waals surface area contributed by atoms with Crippen molar-refractivity contribution in [3.63, 3.8) is 0 Å². The first kappa shape index (κ1) is 8.02. The molecule has 0 spiro atoms. The Kier molecular flexibility index (Phi) is 1.77. The van der Waals surface area contributed by atoms with E-state index in [0.717, 1.165) is 0 Å². The Morgan fingerprint density at radius 2 is 2.00 bits per heavy atom. The maximum Gasteiger partial charge on any atom is 0.228 e. The van der Waals surface area contributed by atoms with Crippen LogP contribution in [0.25, 0.3) is 0 Å². The summed E-state index contributed by atoms with van der Waals surface area (Å²) in [6.45, 7) is 1.65. The monoisotopic (exact) mass is 180 g/mol. The van der Waals surface area contributed by atoms with Gasteiger partial charge in [-0.3, -0.25) is 9.59 Å². The third-order valence-electron chi connectivity index (χ3n) is 1.96. The molecule has 2 atom stereocenters. The van der Waals surface area contributed by atoms with Gasteiger partial charge in [0.25, 0.3) is 0 Å². The molecule has 0 radical (unpaired) electrons. The van der Waals surface area contributed by atoms with Gasteiger partial charge in [0.2, 0.25) is 10.5 Å². The fourth-order valence-corrected chi connectivity index (χ4v) is 1.44. The molecule has 2 nitrogen and oxygen atoms in total. The van der Waals surface area contributed by atoms with E-state index < -0.39 is 15.9 Å². The van der Waals surface area contributed by atoms with Gasteiger partial charge in [0.05, 0.1) is 5.41 Å². The van der Waals surface area contributed by atoms with Crippen LogP contribution in [-0.4, -0.2) is 10.5 Å². The van der Waals surface area contributed by atoms with Gasteiger partial charge in [-0.1, -0.05) is 6.92 Å². The summed E-state index contributed by atoms with van der Waals surface area (Å²) >= 11 is 10.4. The molecule has 1 aliphatic rings. The zero-order chi connectivity index (χ0) is 7.94. The molecule has 0 aromatic heterocycles. The molecule has 1 rings (SSSR count). The lowest BCUT2D eigenvalue weighted by Crippen LogP contribution is -2.10. The summed E-state index contributed by atoms with van der Waals surface area (Å²) in [6.07, 6.45) is 0.498. The molecule has 0 amide bonds. The van der Waals surface area contributed by atoms with E-state index in [1.807, 2.05) is 0 Å². The van der Waals surface area contributed by atoms with Crippen molar-refractivity contribution < 1.29 is 9.59 Å². The number of carbonyl (C=O) groups is 2. The molecule has 0 aromatic carbocycles. The third kappa shape index (κ3) is 1.06. The highest BCUT2D eigenvalue weighted by Crippen LogP contribution is 2.54. The van der Waals surface area contributed by atoms with Crippen molar-refractivity contribution in [1.29, 1.82) is 0 Å². The van der Waals surface area contributed by atoms with E-state index in [1.54, 1.807) is 6.92 Å². The second-order valence-corrected chi connectivity index (χ2v) is 3.47. The lowest BCUT2D eigenvalue weighted by Gasteiger charge is -1.98. The van der Waals surface area contributed by atoms with Crippen LogP contribution in [0.2, 0.25) is 0 Å². The number of carbonyl (C=O) groups excluding carboxylic acids is 2. The van der Waals surface area contributed by atoms with Crippen molar-refractivity contribution in [2.24, 2.45) is 11.3 Å². The van der Waals surface area contributed by atoms with E-state index in [9.17, 15) is 9.59 Å². The number of hydrogen-bond donors (Lipinski definition) is 0. The van der Waals surface area contributed by atoms with Crippen molar-refractivity contribution in [2.75, 3.05) is 0 Å². The second-order valence-electron chi connectivity index (χ2n) is 2.75. The minimum absolute atomic E-state index is 0.348. The van der Waals surface area contributed by atoms with Gasteiger partial charge in [0.1, 0.15) is 0 Å². The predicted molar refractivity (Wildman–Crippen MR) is 37.9 cm³/mol. The average Bonchev–Trinajstić information content (AvgIpc) is 2.43. The van der Waals surface area contributed by atoms with E-state index in [1.165, 1.54) is 0 Å². The van der Waals surface area contributed by atoms with Crippen molar-refractivity contribution in [3.05, 3.63) is 0 Å². The van der Waals surface area contributed by atoms with Crippen molar-refractivity contribution in [1.82, 2.24) is 0 Å². The predicted octanol–water partition coefficient (Wildman–Crippen LogP) is 1.54. The molecule has 0 saturated heterocycles. The number of halogens is 2. The van der Waals surface area contributed by atoms with Gasteiger partial charge in [-0.15, -0.1) is 0 Å². The van der Waals surface area contributed by atoms with Crippen LogP contribution >= 0.6 is 23.2 Å². The molecule has 4 heteroatoms. The molecular weight excluding hydrogens is 175 g/mol. The van der Waals surface area contributed by atoms with Crippen LogP contribution in [0.4, 0.5) is 0 Å². The van der Waals surface area contributed by atoms with Crippen LogP contribution in [0.1, 0.15) is 13.3 Å². The second kappa shape index (κ2) is 2.21. The van der Waals surface area contributed by atoms with E-state index in [2.05, 4.69) is 0 Å². The summed E-state index contributed by atoms with van der Waals surface area (Å²) in [7, 11) is 0. The van der Waals surface area contributed by atoms with Crippen LogP contribution in [-0.2, 0) is 9.59 Å². The maximum absolute atomic E-state index is 10.6. The van der Waals surface area contributed by atoms with Gasteiger partial charge in [-0.05, 0) is 29.6 Å². The quantitative estimate of drug-likeness (QED) is 0.605. The maximum atomic E-state index is 10.6. The van der Waals surface area contributed by atoms with E-state index in [4.69, 9.17) is 23.2 Å². The Balaban J connectivity index is 2.65. The summed E-state index contributed by atoms with van der Waals surface area (Å²) in [5.41, 5.74) is -0.666. The van der Waals surface area contributed by atoms with Gasteiger partial charge in [0, 0.05) is 5.92 Å². The molecule has 0 N–H and O–H groups in total. The van der Waals surface area contributed by atoms with Crippen LogP contribution in [0.3, 0.4) is 0 Å². The molecule has 0 bridgehead atoms. The molecule has 56 valence electrons. The molecule has 1 saturated carbocycles. The number of hydrogen-bond acceptors (Lipinski definition) is 2. The first-order chi connectivity index (χ1) is 4.48. The largest absolute Gasteiger partial charge is 0.281 e. The van der Waals surface area contributed by atoms with E-state index in [-0.39, 0.29) is 5.92 Å². The number of rotatable bonds is 2. The summed E-state index contributed by atoms with van der Waals surface area (Å²) in [4.78, 5) is 21.1. The highest BCUT2D eigenvalue weighted by Gasteiger charge is 2.58. The molecule has 0 aromatic rings. The van der Waals surface area contributed by atoms with Crippen LogP contribution in [0.5, 0.6) is 0 Å². The lowest BCUT2D eigenvalue weighted by atomic mass is 10.1. The van der Waals surface area contributed by atoms with Crippen LogP contribution in [0, 0.1) is 11.3 Å². The van der Waals surface area contributed by atoms with E-state index in [0.29, 0.717) is 6.42 Å². The van der Waals surface area contributed by atoms with Gasteiger partial charge < -0.3 is 0 Å². The Bertz CT molecular complexity index is 202. The molecule has 10 heavy (non-hydrogen) atoms. The summed E-state index contributed by atoms with van der Waals surface area (Å²) in [6, 6.07) is 0. The Morgan fingerprint density at radius 1 is 1.50 bits per heavy atom. The fraction of sp³-hybridized carbons (Fsp3) is 0.667. The average molecular weight is 181 g/mol. The molecule has 0 heterocycles. The van der Waals surface area contributed by atoms with Crippen molar-refractivity contribution >= 4 is 33.7 Å². The van der Waals surface area contributed by atoms with E-state index >= 15 is 0 Å². The summed E-state index contributed by atoms with van der Waals surface area (Å²) in [5, 5.41) is -0.928. The Hall–Kier alpha value is -0.0800. The van der Waals surface area contributed by atoms with Gasteiger partial charge in [-0.25, -0.2) is 0 Å². The molecule has 1 fully saturated rings.